The van der Waals surface area contributed by atoms with E-state index >= 15 is 0 Å². The van der Waals surface area contributed by atoms with Gasteiger partial charge in [-0.05, 0) is 12.5 Å². The number of hydrogen-bond donors (Lipinski definition) is 1. The van der Waals surface area contributed by atoms with Crippen LogP contribution in [0.25, 0.3) is 0 Å². The zero-order valence-electron chi connectivity index (χ0n) is 12.2. The summed E-state index contributed by atoms with van der Waals surface area (Å²) in [7, 11) is -1.03. The summed E-state index contributed by atoms with van der Waals surface area (Å²) in [6.45, 7) is 14.1. The molecule has 0 saturated carbocycles. The van der Waals surface area contributed by atoms with Gasteiger partial charge in [0.15, 0.2) is 0 Å². The van der Waals surface area contributed by atoms with Gasteiger partial charge in [0.05, 0.1) is 0 Å². The molecule has 5 heteroatoms. The molecule has 0 aliphatic heterocycles. The van der Waals surface area contributed by atoms with E-state index in [0.29, 0.717) is 6.73 Å². The minimum atomic E-state index is -1.03. The Morgan fingerprint density at radius 2 is 2.11 bits per heavy atom. The first kappa shape index (κ1) is 17.1. The van der Waals surface area contributed by atoms with E-state index in [2.05, 4.69) is 38.1 Å². The average Bonchev–Trinajstić information content (AvgIpc) is 2.28. The molecule has 0 amide bonds. The molecule has 18 heavy (non-hydrogen) atoms. The second-order valence-electron chi connectivity index (χ2n) is 5.42. The Morgan fingerprint density at radius 1 is 1.44 bits per heavy atom. The van der Waals surface area contributed by atoms with Gasteiger partial charge in [-0.25, -0.2) is 4.99 Å². The molecule has 0 aromatic rings. The van der Waals surface area contributed by atoms with Crippen LogP contribution in [0.1, 0.15) is 19.8 Å². The van der Waals surface area contributed by atoms with Gasteiger partial charge in [0.2, 0.25) is 0 Å². The molecule has 0 aliphatic carbocycles. The zero-order valence-corrected chi connectivity index (χ0v) is 13.2. The van der Waals surface area contributed by atoms with E-state index in [1.807, 2.05) is 4.90 Å². The van der Waals surface area contributed by atoms with Crippen LogP contribution >= 0.6 is 0 Å². The van der Waals surface area contributed by atoms with Crippen molar-refractivity contribution in [2.45, 2.75) is 45.5 Å². The fourth-order valence-corrected chi connectivity index (χ4v) is 2.11. The first-order chi connectivity index (χ1) is 8.44. The summed E-state index contributed by atoms with van der Waals surface area (Å²) in [6.07, 6.45) is 4.61. The maximum absolute atomic E-state index is 7.07. The predicted molar refractivity (Wildman–Crippen MR) is 82.1 cm³/mol. The lowest BCUT2D eigenvalue weighted by atomic mass is 10.3. The van der Waals surface area contributed by atoms with E-state index in [-0.39, 0.29) is 0 Å². The molecular weight excluding hydrogens is 242 g/mol. The molecule has 1 N–H and O–H groups in total. The topological polar surface area (TPSA) is 48.7 Å². The van der Waals surface area contributed by atoms with E-state index in [4.69, 9.17) is 10.1 Å². The number of amidine groups is 1. The normalized spacial score (nSPS) is 12.3. The summed E-state index contributed by atoms with van der Waals surface area (Å²) in [6, 6.07) is 1.16. The van der Waals surface area contributed by atoms with Gasteiger partial charge in [-0.1, -0.05) is 33.1 Å². The molecule has 0 fully saturated rings. The highest BCUT2D eigenvalue weighted by atomic mass is 28.3. The SMILES string of the molecule is C=CN(COCC[Si](C)(C)C)/C(CCC)=N/C=N. The van der Waals surface area contributed by atoms with Crippen molar-refractivity contribution in [1.82, 2.24) is 4.90 Å². The molecule has 0 saturated heterocycles. The molecule has 0 aromatic carbocycles. The summed E-state index contributed by atoms with van der Waals surface area (Å²) in [5.41, 5.74) is 0. The molecule has 0 radical (unpaired) electrons. The van der Waals surface area contributed by atoms with E-state index < -0.39 is 8.07 Å². The average molecular weight is 269 g/mol. The van der Waals surface area contributed by atoms with Crippen molar-refractivity contribution in [2.75, 3.05) is 13.3 Å². The van der Waals surface area contributed by atoms with Crippen LogP contribution in [0, 0.1) is 5.41 Å². The van der Waals surface area contributed by atoms with E-state index in [1.165, 1.54) is 0 Å². The van der Waals surface area contributed by atoms with Crippen molar-refractivity contribution in [3.8, 4) is 0 Å². The third-order valence-electron chi connectivity index (χ3n) is 2.47. The lowest BCUT2D eigenvalue weighted by Crippen LogP contribution is -2.29. The van der Waals surface area contributed by atoms with Crippen LogP contribution in [0.2, 0.25) is 25.7 Å². The third kappa shape index (κ3) is 8.19. The number of nitrogens with zero attached hydrogens (tertiary/aromatic N) is 2. The molecule has 0 bridgehead atoms. The second-order valence-corrected chi connectivity index (χ2v) is 11.0. The lowest BCUT2D eigenvalue weighted by Gasteiger charge is -2.22. The van der Waals surface area contributed by atoms with Gasteiger partial charge in [-0.3, -0.25) is 5.41 Å². The fourth-order valence-electron chi connectivity index (χ4n) is 1.35. The first-order valence-electron chi connectivity index (χ1n) is 6.47. The van der Waals surface area contributed by atoms with Crippen molar-refractivity contribution in [2.24, 2.45) is 4.99 Å². The summed E-state index contributed by atoms with van der Waals surface area (Å²) in [5, 5.41) is 7.07. The van der Waals surface area contributed by atoms with Gasteiger partial charge >= 0.3 is 0 Å². The monoisotopic (exact) mass is 269 g/mol. The molecule has 0 heterocycles. The van der Waals surface area contributed by atoms with Crippen LogP contribution in [0.3, 0.4) is 0 Å². The van der Waals surface area contributed by atoms with Crippen molar-refractivity contribution in [3.63, 3.8) is 0 Å². The molecule has 0 aromatic heterocycles. The number of rotatable bonds is 9. The molecule has 4 nitrogen and oxygen atoms in total. The third-order valence-corrected chi connectivity index (χ3v) is 4.17. The molecule has 0 rings (SSSR count). The summed E-state index contributed by atoms with van der Waals surface area (Å²) in [4.78, 5) is 5.93. The highest BCUT2D eigenvalue weighted by Crippen LogP contribution is 2.08. The van der Waals surface area contributed by atoms with Crippen LogP contribution < -0.4 is 0 Å². The molecule has 0 spiro atoms. The standard InChI is InChI=1S/C13H27N3OSi/c1-6-8-13(15-11-14)16(7-2)12-17-9-10-18(3,4)5/h7,11,14H,2,6,8-10,12H2,1,3-5H3/b14-11?,15-13+. The summed E-state index contributed by atoms with van der Waals surface area (Å²) >= 11 is 0. The van der Waals surface area contributed by atoms with Crippen LogP contribution in [0.15, 0.2) is 17.8 Å². The van der Waals surface area contributed by atoms with Crippen molar-refractivity contribution in [3.05, 3.63) is 12.8 Å². The summed E-state index contributed by atoms with van der Waals surface area (Å²) < 4.78 is 5.67. The number of nitrogens with one attached hydrogen (secondary N) is 1. The van der Waals surface area contributed by atoms with Gasteiger partial charge in [0.25, 0.3) is 0 Å². The van der Waals surface area contributed by atoms with E-state index in [9.17, 15) is 0 Å². The molecule has 0 unspecified atom stereocenters. The second kappa shape index (κ2) is 9.05. The largest absolute Gasteiger partial charge is 0.361 e. The number of hydrogen-bond acceptors (Lipinski definition) is 2. The van der Waals surface area contributed by atoms with Gasteiger partial charge in [0, 0.05) is 27.3 Å². The Bertz CT molecular complexity index is 284. The minimum Gasteiger partial charge on any atom is -0.361 e. The van der Waals surface area contributed by atoms with Gasteiger partial charge < -0.3 is 9.64 Å². The lowest BCUT2D eigenvalue weighted by molar-refractivity contribution is 0.0927. The maximum atomic E-state index is 7.07. The van der Waals surface area contributed by atoms with E-state index in [1.54, 1.807) is 6.20 Å². The van der Waals surface area contributed by atoms with Crippen molar-refractivity contribution in [1.29, 1.82) is 5.41 Å². The molecule has 104 valence electrons. The molecule has 0 aliphatic rings. The molecular formula is C13H27N3OSi. The van der Waals surface area contributed by atoms with Crippen molar-refractivity contribution < 1.29 is 4.74 Å². The highest BCUT2D eigenvalue weighted by molar-refractivity contribution is 6.76. The quantitative estimate of drug-likeness (QED) is 0.229. The van der Waals surface area contributed by atoms with Crippen molar-refractivity contribution >= 4 is 20.2 Å². The van der Waals surface area contributed by atoms with Crippen LogP contribution in [0.4, 0.5) is 0 Å². The van der Waals surface area contributed by atoms with Crippen LogP contribution in [-0.4, -0.2) is 38.5 Å². The minimum absolute atomic E-state index is 0.473. The fraction of sp³-hybridized carbons (Fsp3) is 0.692. The maximum Gasteiger partial charge on any atom is 0.123 e. The van der Waals surface area contributed by atoms with Gasteiger partial charge in [-0.2, -0.15) is 0 Å². The Balaban J connectivity index is 4.20. The number of aliphatic imine (C=N–C) groups is 1. The first-order valence-corrected chi connectivity index (χ1v) is 10.2. The van der Waals surface area contributed by atoms with Gasteiger partial charge in [0.1, 0.15) is 18.9 Å². The van der Waals surface area contributed by atoms with Crippen LogP contribution in [0.5, 0.6) is 0 Å². The summed E-state index contributed by atoms with van der Waals surface area (Å²) in [5.74, 6) is 0.843. The van der Waals surface area contributed by atoms with Gasteiger partial charge in [-0.15, -0.1) is 0 Å². The highest BCUT2D eigenvalue weighted by Gasteiger charge is 2.13. The Hall–Kier alpha value is -0.943. The Morgan fingerprint density at radius 3 is 2.56 bits per heavy atom. The van der Waals surface area contributed by atoms with E-state index in [0.717, 1.165) is 37.7 Å². The number of ether oxygens (including phenoxy) is 1. The Labute approximate surface area is 112 Å². The predicted octanol–water partition coefficient (Wildman–Crippen LogP) is 3.55. The molecule has 0 atom stereocenters. The smallest absolute Gasteiger partial charge is 0.123 e. The zero-order chi connectivity index (χ0) is 14.0. The van der Waals surface area contributed by atoms with Crippen LogP contribution in [-0.2, 0) is 4.74 Å². The Kier molecular flexibility index (Phi) is 8.57.